The van der Waals surface area contributed by atoms with Crippen molar-refractivity contribution in [1.82, 2.24) is 10.2 Å². The number of allylic oxidation sites excluding steroid dienone is 2. The molecule has 1 fully saturated rings. The molecule has 1 saturated heterocycles. The van der Waals surface area contributed by atoms with E-state index in [1.165, 1.54) is 49.3 Å². The predicted molar refractivity (Wildman–Crippen MR) is 144 cm³/mol. The summed E-state index contributed by atoms with van der Waals surface area (Å²) in [5.41, 5.74) is 4.21. The summed E-state index contributed by atoms with van der Waals surface area (Å²) in [7, 11) is 0. The van der Waals surface area contributed by atoms with Gasteiger partial charge in [-0.15, -0.1) is 0 Å². The van der Waals surface area contributed by atoms with E-state index in [9.17, 15) is 0 Å². The van der Waals surface area contributed by atoms with Gasteiger partial charge in [0.05, 0.1) is 18.0 Å². The molecule has 0 amide bonds. The van der Waals surface area contributed by atoms with Crippen molar-refractivity contribution < 1.29 is 16.4 Å². The lowest BCUT2D eigenvalue weighted by atomic mass is 9.65. The monoisotopic (exact) mass is 498 g/mol. The summed E-state index contributed by atoms with van der Waals surface area (Å²) in [6, 6.07) is 7.04. The van der Waals surface area contributed by atoms with E-state index in [0.717, 1.165) is 43.0 Å². The molecule has 0 spiro atoms. The smallest absolute Gasteiger partial charge is 0.0850 e. The van der Waals surface area contributed by atoms with Crippen LogP contribution in [-0.4, -0.2) is 53.7 Å². The van der Waals surface area contributed by atoms with Crippen molar-refractivity contribution >= 4 is 23.0 Å². The molecule has 0 aromatic heterocycles. The lowest BCUT2D eigenvalue weighted by Crippen LogP contribution is -2.52. The molecule has 0 saturated carbocycles. The molecule has 1 aromatic carbocycles. The minimum atomic E-state index is 0. The van der Waals surface area contributed by atoms with Crippen LogP contribution in [0, 0.1) is 23.2 Å². The largest absolute Gasteiger partial charge is 0.412 e. The maximum atomic E-state index is 6.25. The summed E-state index contributed by atoms with van der Waals surface area (Å²) < 4.78 is 0. The van der Waals surface area contributed by atoms with Crippen molar-refractivity contribution in [3.8, 4) is 0 Å². The maximum absolute atomic E-state index is 6.25. The van der Waals surface area contributed by atoms with Gasteiger partial charge in [0, 0.05) is 30.7 Å². The molecule has 2 unspecified atom stereocenters. The number of nitrogens with zero attached hydrogens (tertiary/aromatic N) is 1. The third-order valence-electron chi connectivity index (χ3n) is 7.87. The van der Waals surface area contributed by atoms with Gasteiger partial charge in [-0.25, -0.2) is 0 Å². The number of halogens is 1. The second kappa shape index (κ2) is 13.1. The molecular weight excluding hydrogens is 452 g/mol. The number of piperidine rings is 1. The molecule has 7 nitrogen and oxygen atoms in total. The fourth-order valence-electron chi connectivity index (χ4n) is 6.06. The molecule has 34 heavy (non-hydrogen) atoms. The highest BCUT2D eigenvalue weighted by atomic mass is 35.5. The van der Waals surface area contributed by atoms with Gasteiger partial charge < -0.3 is 37.3 Å². The van der Waals surface area contributed by atoms with Crippen LogP contribution in [0.4, 0.5) is 11.4 Å². The first kappa shape index (κ1) is 30.7. The van der Waals surface area contributed by atoms with E-state index in [4.69, 9.17) is 11.6 Å². The highest BCUT2D eigenvalue weighted by Crippen LogP contribution is 2.45. The van der Waals surface area contributed by atoms with Crippen molar-refractivity contribution in [3.05, 3.63) is 34.9 Å². The minimum absolute atomic E-state index is 0. The second-order valence-corrected chi connectivity index (χ2v) is 11.4. The molecule has 3 atom stereocenters. The number of hydrogen-bond donors (Lipinski definition) is 3. The molecule has 9 N–H and O–H groups in total. The quantitative estimate of drug-likeness (QED) is 0.531. The van der Waals surface area contributed by atoms with Crippen molar-refractivity contribution in [3.63, 3.8) is 0 Å². The summed E-state index contributed by atoms with van der Waals surface area (Å²) >= 11 is 6.25. The van der Waals surface area contributed by atoms with Crippen LogP contribution in [0.15, 0.2) is 29.3 Å². The Kier molecular flexibility index (Phi) is 11.8. The van der Waals surface area contributed by atoms with Gasteiger partial charge in [-0.05, 0) is 67.0 Å². The van der Waals surface area contributed by atoms with Crippen LogP contribution in [0.25, 0.3) is 0 Å². The van der Waals surface area contributed by atoms with Crippen LogP contribution in [0.2, 0.25) is 0 Å². The number of benzene rings is 1. The van der Waals surface area contributed by atoms with Crippen LogP contribution in [0.5, 0.6) is 0 Å². The first-order valence-corrected chi connectivity index (χ1v) is 12.6. The van der Waals surface area contributed by atoms with E-state index in [1.807, 2.05) is 0 Å². The maximum Gasteiger partial charge on any atom is 0.0850 e. The van der Waals surface area contributed by atoms with Gasteiger partial charge in [0.25, 0.3) is 0 Å². The third kappa shape index (κ3) is 7.09. The van der Waals surface area contributed by atoms with Gasteiger partial charge >= 0.3 is 0 Å². The van der Waals surface area contributed by atoms with E-state index < -0.39 is 0 Å². The number of rotatable bonds is 7. The fourth-order valence-corrected chi connectivity index (χ4v) is 6.26. The summed E-state index contributed by atoms with van der Waals surface area (Å²) in [5, 5.41) is 11.8. The van der Waals surface area contributed by atoms with Crippen LogP contribution in [0.1, 0.15) is 58.9 Å². The summed E-state index contributed by atoms with van der Waals surface area (Å²) in [6.07, 6.45) is 7.12. The number of fused-ring (bicyclic) bond motifs is 1. The normalized spacial score (nSPS) is 24.4. The van der Waals surface area contributed by atoms with Crippen molar-refractivity contribution in [2.75, 3.05) is 36.9 Å². The van der Waals surface area contributed by atoms with Crippen LogP contribution in [0.3, 0.4) is 0 Å². The predicted octanol–water partition coefficient (Wildman–Crippen LogP) is 3.39. The number of likely N-dealkylation sites (tertiary alicyclic amines) is 1. The third-order valence-corrected chi connectivity index (χ3v) is 8.21. The van der Waals surface area contributed by atoms with E-state index in [0.29, 0.717) is 17.4 Å². The Balaban J connectivity index is 0.00000193. The lowest BCUT2D eigenvalue weighted by Gasteiger charge is -2.49. The number of nitrogens with one attached hydrogen (secondary N) is 3. The Bertz CT molecular complexity index is 802. The van der Waals surface area contributed by atoms with Crippen molar-refractivity contribution in [1.29, 1.82) is 0 Å². The van der Waals surface area contributed by atoms with Crippen LogP contribution >= 0.6 is 11.6 Å². The Labute approximate surface area is 210 Å². The zero-order valence-corrected chi connectivity index (χ0v) is 22.1. The van der Waals surface area contributed by atoms with Gasteiger partial charge in [0.15, 0.2) is 0 Å². The van der Waals surface area contributed by atoms with Crippen LogP contribution in [-0.2, 0) is 6.54 Å². The SMILES string of the molecule is CC(C)[C@H](CN1CCC(C2CC=C(Cl)CC2)C(C)(C)C1)NCc1cccc2c1NCN2.O.O.O. The number of para-hydroxylation sites is 1. The topological polar surface area (TPSA) is 134 Å². The van der Waals surface area contributed by atoms with Gasteiger partial charge in [-0.1, -0.05) is 57.5 Å². The molecule has 0 radical (unpaired) electrons. The van der Waals surface area contributed by atoms with E-state index in [2.05, 4.69) is 72.8 Å². The van der Waals surface area contributed by atoms with E-state index >= 15 is 0 Å². The van der Waals surface area contributed by atoms with E-state index in [-0.39, 0.29) is 16.4 Å². The van der Waals surface area contributed by atoms with Crippen LogP contribution < -0.4 is 16.0 Å². The molecule has 2 heterocycles. The number of hydrogen-bond acceptors (Lipinski definition) is 4. The lowest BCUT2D eigenvalue weighted by molar-refractivity contribution is 0.0117. The molecule has 0 bridgehead atoms. The highest BCUT2D eigenvalue weighted by molar-refractivity contribution is 6.29. The first-order valence-electron chi connectivity index (χ1n) is 12.2. The van der Waals surface area contributed by atoms with Gasteiger partial charge in [0.2, 0.25) is 0 Å². The van der Waals surface area contributed by atoms with E-state index in [1.54, 1.807) is 0 Å². The Morgan fingerprint density at radius 2 is 1.91 bits per heavy atom. The fraction of sp³-hybridized carbons (Fsp3) is 0.692. The highest BCUT2D eigenvalue weighted by Gasteiger charge is 2.40. The average Bonchev–Trinajstić information content (AvgIpc) is 3.21. The van der Waals surface area contributed by atoms with Crippen molar-refractivity contribution in [2.45, 2.75) is 66.0 Å². The molecule has 1 aromatic rings. The standard InChI is InChI=1S/C26H41ClN4.3H2O/c1-18(2)24(28-14-20-6-5-7-23-25(20)30-17-29-23)15-31-13-12-22(26(3,4)16-31)19-8-10-21(27)11-9-19;;;/h5-7,10,18-19,22,24,28-30H,8-9,11-17H2,1-4H3;3*1H2/t19?,22?,24-;;;/m0.../s1. The summed E-state index contributed by atoms with van der Waals surface area (Å²) in [4.78, 5) is 2.72. The zero-order valence-electron chi connectivity index (χ0n) is 21.3. The first-order chi connectivity index (χ1) is 14.8. The average molecular weight is 499 g/mol. The van der Waals surface area contributed by atoms with Gasteiger partial charge in [0.1, 0.15) is 0 Å². The van der Waals surface area contributed by atoms with Gasteiger partial charge in [-0.3, -0.25) is 0 Å². The molecule has 8 heteroatoms. The summed E-state index contributed by atoms with van der Waals surface area (Å²) in [6.45, 7) is 15.0. The molecule has 1 aliphatic carbocycles. The molecule has 4 rings (SSSR count). The molecule has 2 aliphatic heterocycles. The van der Waals surface area contributed by atoms with Crippen molar-refractivity contribution in [2.24, 2.45) is 23.2 Å². The zero-order chi connectivity index (χ0) is 22.0. The van der Waals surface area contributed by atoms with Gasteiger partial charge in [-0.2, -0.15) is 0 Å². The minimum Gasteiger partial charge on any atom is -0.412 e. The Hall–Kier alpha value is -1.35. The molecule has 196 valence electrons. The summed E-state index contributed by atoms with van der Waals surface area (Å²) in [5.74, 6) is 2.22. The second-order valence-electron chi connectivity index (χ2n) is 10.9. The Morgan fingerprint density at radius 3 is 2.56 bits per heavy atom. The molecule has 3 aliphatic rings. The molecular formula is C26H47ClN4O3. The number of anilines is 2. The Morgan fingerprint density at radius 1 is 1.15 bits per heavy atom.